The van der Waals surface area contributed by atoms with Crippen LogP contribution in [0, 0.1) is 0 Å². The molecule has 0 aliphatic heterocycles. The largest absolute Gasteiger partial charge is 0.296 e. The van der Waals surface area contributed by atoms with Gasteiger partial charge in [-0.25, -0.2) is 0 Å². The second-order valence-corrected chi connectivity index (χ2v) is 2.13. The molecule has 0 spiro atoms. The average Bonchev–Trinajstić information content (AvgIpc) is 2.34. The number of hydrogen-bond acceptors (Lipinski definition) is 2. The van der Waals surface area contributed by atoms with Gasteiger partial charge in [0.1, 0.15) is 5.69 Å². The molecule has 1 aromatic rings. The van der Waals surface area contributed by atoms with Crippen molar-refractivity contribution in [1.29, 1.82) is 0 Å². The molecule has 0 saturated carbocycles. The zero-order valence-electron chi connectivity index (χ0n) is 4.60. The lowest BCUT2D eigenvalue weighted by Crippen LogP contribution is -1.75. The molecule has 0 unspecified atom stereocenters. The maximum atomic E-state index is 10.0. The van der Waals surface area contributed by atoms with E-state index in [9.17, 15) is 4.79 Å². The normalized spacial score (nSPS) is 9.44. The molecular weight excluding hydrogens is 184 g/mol. The highest BCUT2D eigenvalue weighted by Gasteiger charge is 1.95. The van der Waals surface area contributed by atoms with Crippen molar-refractivity contribution in [2.45, 2.75) is 5.33 Å². The Balaban J connectivity index is 2.86. The Morgan fingerprint density at radius 2 is 2.67 bits per heavy atom. The number of alkyl halides is 1. The van der Waals surface area contributed by atoms with Crippen LogP contribution in [-0.4, -0.2) is 16.5 Å². The van der Waals surface area contributed by atoms with Gasteiger partial charge in [-0.3, -0.25) is 9.89 Å². The van der Waals surface area contributed by atoms with E-state index in [0.29, 0.717) is 17.3 Å². The van der Waals surface area contributed by atoms with Crippen molar-refractivity contribution in [3.63, 3.8) is 0 Å². The molecule has 0 aliphatic carbocycles. The predicted molar refractivity (Wildman–Crippen MR) is 36.6 cm³/mol. The van der Waals surface area contributed by atoms with Gasteiger partial charge >= 0.3 is 0 Å². The Hall–Kier alpha value is -0.640. The van der Waals surface area contributed by atoms with Crippen LogP contribution in [0.25, 0.3) is 0 Å². The van der Waals surface area contributed by atoms with Crippen LogP contribution in [0.15, 0.2) is 6.07 Å². The highest BCUT2D eigenvalue weighted by atomic mass is 79.9. The van der Waals surface area contributed by atoms with E-state index in [4.69, 9.17) is 0 Å². The van der Waals surface area contributed by atoms with Gasteiger partial charge in [0, 0.05) is 11.0 Å². The lowest BCUT2D eigenvalue weighted by molar-refractivity contribution is 0.111. The number of rotatable bonds is 2. The average molecular weight is 189 g/mol. The second-order valence-electron chi connectivity index (χ2n) is 1.57. The fraction of sp³-hybridized carbons (Fsp3) is 0.200. The molecule has 0 aliphatic rings. The van der Waals surface area contributed by atoms with E-state index in [-0.39, 0.29) is 0 Å². The van der Waals surface area contributed by atoms with Crippen LogP contribution in [0.3, 0.4) is 0 Å². The summed E-state index contributed by atoms with van der Waals surface area (Å²) in [7, 11) is 0. The Kier molecular flexibility index (Phi) is 2.00. The van der Waals surface area contributed by atoms with E-state index in [1.165, 1.54) is 0 Å². The molecular formula is C5H5BrN2O. The molecule has 0 atom stereocenters. The molecule has 0 bridgehead atoms. The number of nitrogens with one attached hydrogen (secondary N) is 1. The lowest BCUT2D eigenvalue weighted by atomic mass is 10.4. The van der Waals surface area contributed by atoms with Crippen LogP contribution in [0.4, 0.5) is 0 Å². The molecule has 0 saturated heterocycles. The fourth-order valence-electron chi connectivity index (χ4n) is 0.508. The third kappa shape index (κ3) is 1.38. The van der Waals surface area contributed by atoms with Crippen molar-refractivity contribution in [2.75, 3.05) is 0 Å². The van der Waals surface area contributed by atoms with Gasteiger partial charge < -0.3 is 0 Å². The predicted octanol–water partition coefficient (Wildman–Crippen LogP) is 1.12. The Morgan fingerprint density at radius 1 is 1.89 bits per heavy atom. The molecule has 1 aromatic heterocycles. The number of carbonyl (C=O) groups is 1. The number of aromatic nitrogens is 2. The standard InChI is InChI=1S/C5H5BrN2O/c6-2-4-1-5(3-9)8-7-4/h1,3H,2H2,(H,7,8). The van der Waals surface area contributed by atoms with Crippen LogP contribution >= 0.6 is 15.9 Å². The van der Waals surface area contributed by atoms with E-state index in [0.717, 1.165) is 5.69 Å². The van der Waals surface area contributed by atoms with Gasteiger partial charge in [-0.2, -0.15) is 5.10 Å². The Bertz CT molecular complexity index is 208. The molecule has 48 valence electrons. The smallest absolute Gasteiger partial charge is 0.170 e. The van der Waals surface area contributed by atoms with Gasteiger partial charge in [-0.05, 0) is 6.07 Å². The number of H-pyrrole nitrogens is 1. The van der Waals surface area contributed by atoms with Crippen LogP contribution in [-0.2, 0) is 5.33 Å². The summed E-state index contributed by atoms with van der Waals surface area (Å²) in [6, 6.07) is 1.70. The molecule has 0 aromatic carbocycles. The summed E-state index contributed by atoms with van der Waals surface area (Å²) in [6.45, 7) is 0. The maximum Gasteiger partial charge on any atom is 0.170 e. The molecule has 3 nitrogen and oxygen atoms in total. The van der Waals surface area contributed by atoms with Gasteiger partial charge in [-0.1, -0.05) is 15.9 Å². The van der Waals surface area contributed by atoms with Crippen molar-refractivity contribution in [3.05, 3.63) is 17.5 Å². The van der Waals surface area contributed by atoms with Gasteiger partial charge in [0.25, 0.3) is 0 Å². The third-order valence-corrected chi connectivity index (χ3v) is 1.52. The highest BCUT2D eigenvalue weighted by Crippen LogP contribution is 2.01. The summed E-state index contributed by atoms with van der Waals surface area (Å²) >= 11 is 3.21. The summed E-state index contributed by atoms with van der Waals surface area (Å²) in [6.07, 6.45) is 0.711. The first-order valence-corrected chi connectivity index (χ1v) is 3.54. The van der Waals surface area contributed by atoms with Gasteiger partial charge in [-0.15, -0.1) is 0 Å². The van der Waals surface area contributed by atoms with Crippen molar-refractivity contribution in [2.24, 2.45) is 0 Å². The van der Waals surface area contributed by atoms with Crippen LogP contribution in [0.5, 0.6) is 0 Å². The van der Waals surface area contributed by atoms with Crippen molar-refractivity contribution in [3.8, 4) is 0 Å². The first kappa shape index (κ1) is 6.48. The monoisotopic (exact) mass is 188 g/mol. The van der Waals surface area contributed by atoms with Crippen LogP contribution < -0.4 is 0 Å². The number of halogens is 1. The molecule has 1 N–H and O–H groups in total. The van der Waals surface area contributed by atoms with Crippen molar-refractivity contribution in [1.82, 2.24) is 10.2 Å². The quantitative estimate of drug-likeness (QED) is 0.559. The van der Waals surface area contributed by atoms with E-state index >= 15 is 0 Å². The second kappa shape index (κ2) is 2.77. The number of carbonyl (C=O) groups excluding carboxylic acids is 1. The highest BCUT2D eigenvalue weighted by molar-refractivity contribution is 9.08. The molecule has 1 rings (SSSR count). The number of aromatic amines is 1. The van der Waals surface area contributed by atoms with E-state index in [1.807, 2.05) is 0 Å². The van der Waals surface area contributed by atoms with E-state index < -0.39 is 0 Å². The zero-order chi connectivity index (χ0) is 6.69. The molecule has 9 heavy (non-hydrogen) atoms. The summed E-state index contributed by atoms with van der Waals surface area (Å²) in [5.74, 6) is 0. The molecule has 1 heterocycles. The molecule has 0 fully saturated rings. The third-order valence-electron chi connectivity index (χ3n) is 0.915. The molecule has 0 amide bonds. The van der Waals surface area contributed by atoms with Crippen LogP contribution in [0.2, 0.25) is 0 Å². The summed E-state index contributed by atoms with van der Waals surface area (Å²) < 4.78 is 0. The minimum atomic E-state index is 0.449. The number of hydrogen-bond donors (Lipinski definition) is 1. The minimum Gasteiger partial charge on any atom is -0.296 e. The SMILES string of the molecule is O=Cc1cc(CBr)[nH]n1. The number of nitrogens with zero attached hydrogens (tertiary/aromatic N) is 1. The summed E-state index contributed by atoms with van der Waals surface area (Å²) in [5, 5.41) is 7.06. The fourth-order valence-corrected chi connectivity index (χ4v) is 0.795. The first-order chi connectivity index (χ1) is 4.36. The van der Waals surface area contributed by atoms with Crippen LogP contribution in [0.1, 0.15) is 16.2 Å². The number of aldehydes is 1. The van der Waals surface area contributed by atoms with Gasteiger partial charge in [0.2, 0.25) is 0 Å². The maximum absolute atomic E-state index is 10.0. The topological polar surface area (TPSA) is 45.8 Å². The Morgan fingerprint density at radius 3 is 3.00 bits per heavy atom. The molecule has 0 radical (unpaired) electrons. The van der Waals surface area contributed by atoms with Gasteiger partial charge in [0.05, 0.1) is 0 Å². The lowest BCUT2D eigenvalue weighted by Gasteiger charge is -1.77. The minimum absolute atomic E-state index is 0.449. The first-order valence-electron chi connectivity index (χ1n) is 2.42. The van der Waals surface area contributed by atoms with E-state index in [1.54, 1.807) is 6.07 Å². The summed E-state index contributed by atoms with van der Waals surface area (Å²) in [4.78, 5) is 10.0. The molecule has 4 heteroatoms. The Labute approximate surface area is 60.6 Å². The van der Waals surface area contributed by atoms with Crippen molar-refractivity contribution < 1.29 is 4.79 Å². The van der Waals surface area contributed by atoms with Gasteiger partial charge in [0.15, 0.2) is 6.29 Å². The van der Waals surface area contributed by atoms with Crippen molar-refractivity contribution >= 4 is 22.2 Å². The zero-order valence-corrected chi connectivity index (χ0v) is 6.18. The van der Waals surface area contributed by atoms with E-state index in [2.05, 4.69) is 26.1 Å². The summed E-state index contributed by atoms with van der Waals surface area (Å²) in [5.41, 5.74) is 1.36.